The van der Waals surface area contributed by atoms with Gasteiger partial charge >= 0.3 is 5.97 Å². The Labute approximate surface area is 198 Å². The summed E-state index contributed by atoms with van der Waals surface area (Å²) in [6.07, 6.45) is 2.10. The highest BCUT2D eigenvalue weighted by molar-refractivity contribution is 7.12. The highest BCUT2D eigenvalue weighted by Gasteiger charge is 2.26. The van der Waals surface area contributed by atoms with Crippen molar-refractivity contribution in [1.29, 1.82) is 0 Å². The van der Waals surface area contributed by atoms with Crippen LogP contribution in [-0.2, 0) is 4.74 Å². The lowest BCUT2D eigenvalue weighted by atomic mass is 10.2. The van der Waals surface area contributed by atoms with E-state index in [0.717, 1.165) is 23.7 Å². The van der Waals surface area contributed by atoms with Gasteiger partial charge in [-0.3, -0.25) is 9.36 Å². The van der Waals surface area contributed by atoms with E-state index < -0.39 is 17.2 Å². The van der Waals surface area contributed by atoms with E-state index in [4.69, 9.17) is 15.5 Å². The zero-order valence-corrected chi connectivity index (χ0v) is 19.2. The summed E-state index contributed by atoms with van der Waals surface area (Å²) in [6.45, 7) is 2.79. The van der Waals surface area contributed by atoms with Crippen molar-refractivity contribution in [3.8, 4) is 16.4 Å². The molecule has 0 bridgehead atoms. The van der Waals surface area contributed by atoms with E-state index in [0.29, 0.717) is 18.2 Å². The van der Waals surface area contributed by atoms with Crippen LogP contribution < -0.4 is 16.1 Å². The predicted molar refractivity (Wildman–Crippen MR) is 129 cm³/mol. The SMILES string of the molecule is CCOC(=O)c1cn(-c2nc(-c3ccccc3)cs2)c2nc(N3CCC(N)C3)c(F)cc2c1=O. The second kappa shape index (κ2) is 8.96. The van der Waals surface area contributed by atoms with Gasteiger partial charge in [0.2, 0.25) is 5.43 Å². The van der Waals surface area contributed by atoms with Crippen LogP contribution in [0.4, 0.5) is 10.2 Å². The first-order chi connectivity index (χ1) is 16.5. The van der Waals surface area contributed by atoms with Gasteiger partial charge in [-0.05, 0) is 19.4 Å². The number of hydrogen-bond donors (Lipinski definition) is 1. The zero-order chi connectivity index (χ0) is 23.8. The zero-order valence-electron chi connectivity index (χ0n) is 18.4. The number of benzene rings is 1. The minimum absolute atomic E-state index is 0.0215. The molecule has 4 heterocycles. The van der Waals surface area contributed by atoms with Crippen LogP contribution in [0.1, 0.15) is 23.7 Å². The third kappa shape index (κ3) is 3.95. The molecular weight excluding hydrogens is 457 g/mol. The molecule has 3 aromatic heterocycles. The number of esters is 1. The summed E-state index contributed by atoms with van der Waals surface area (Å²) in [6, 6.07) is 10.7. The smallest absolute Gasteiger partial charge is 0.343 e. The van der Waals surface area contributed by atoms with Crippen LogP contribution in [-0.4, -0.2) is 46.2 Å². The summed E-state index contributed by atoms with van der Waals surface area (Å²) in [7, 11) is 0. The summed E-state index contributed by atoms with van der Waals surface area (Å²) in [5.74, 6) is -1.30. The molecule has 4 aromatic rings. The largest absolute Gasteiger partial charge is 0.462 e. The minimum atomic E-state index is -0.780. The van der Waals surface area contributed by atoms with Crippen molar-refractivity contribution in [1.82, 2.24) is 14.5 Å². The number of halogens is 1. The summed E-state index contributed by atoms with van der Waals surface area (Å²) < 4.78 is 21.7. The Morgan fingerprint density at radius 2 is 2.09 bits per heavy atom. The van der Waals surface area contributed by atoms with E-state index in [-0.39, 0.29) is 35.1 Å². The Kier molecular flexibility index (Phi) is 5.84. The van der Waals surface area contributed by atoms with Gasteiger partial charge in [-0.2, -0.15) is 0 Å². The second-order valence-corrected chi connectivity index (χ2v) is 8.84. The molecule has 5 rings (SSSR count). The van der Waals surface area contributed by atoms with Gasteiger partial charge in [0.15, 0.2) is 22.4 Å². The number of carbonyl (C=O) groups is 1. The van der Waals surface area contributed by atoms with Crippen molar-refractivity contribution in [3.05, 3.63) is 69.6 Å². The highest BCUT2D eigenvalue weighted by atomic mass is 32.1. The molecule has 0 spiro atoms. The second-order valence-electron chi connectivity index (χ2n) is 8.00. The molecule has 8 nitrogen and oxygen atoms in total. The quantitative estimate of drug-likeness (QED) is 0.438. The average molecular weight is 480 g/mol. The molecule has 1 atom stereocenters. The molecular formula is C24H22FN5O3S. The van der Waals surface area contributed by atoms with E-state index in [2.05, 4.69) is 4.98 Å². The molecule has 1 fully saturated rings. The van der Waals surface area contributed by atoms with Crippen molar-refractivity contribution in [3.63, 3.8) is 0 Å². The van der Waals surface area contributed by atoms with E-state index >= 15 is 4.39 Å². The van der Waals surface area contributed by atoms with Crippen molar-refractivity contribution < 1.29 is 13.9 Å². The lowest BCUT2D eigenvalue weighted by molar-refractivity contribution is 0.0524. The van der Waals surface area contributed by atoms with Crippen LogP contribution in [0.15, 0.2) is 52.8 Å². The van der Waals surface area contributed by atoms with Gasteiger partial charge < -0.3 is 15.4 Å². The third-order valence-corrected chi connectivity index (χ3v) is 6.54. The van der Waals surface area contributed by atoms with E-state index in [1.54, 1.807) is 16.4 Å². The fraction of sp³-hybridized carbons (Fsp3) is 0.250. The molecule has 0 aliphatic carbocycles. The molecule has 0 amide bonds. The molecule has 174 valence electrons. The number of thiazole rings is 1. The van der Waals surface area contributed by atoms with Gasteiger partial charge in [0, 0.05) is 36.3 Å². The van der Waals surface area contributed by atoms with Crippen molar-refractivity contribution >= 4 is 34.2 Å². The number of aromatic nitrogens is 3. The Morgan fingerprint density at radius 3 is 2.79 bits per heavy atom. The Bertz CT molecular complexity index is 1440. The molecule has 2 N–H and O–H groups in total. The monoisotopic (exact) mass is 479 g/mol. The first kappa shape index (κ1) is 22.2. The van der Waals surface area contributed by atoms with Crippen LogP contribution >= 0.6 is 11.3 Å². The van der Waals surface area contributed by atoms with Crippen LogP contribution in [0.25, 0.3) is 27.4 Å². The fourth-order valence-electron chi connectivity index (χ4n) is 4.03. The molecule has 0 radical (unpaired) electrons. The van der Waals surface area contributed by atoms with Gasteiger partial charge in [0.25, 0.3) is 0 Å². The minimum Gasteiger partial charge on any atom is -0.462 e. The normalized spacial score (nSPS) is 15.7. The number of nitrogens with zero attached hydrogens (tertiary/aromatic N) is 4. The lowest BCUT2D eigenvalue weighted by Gasteiger charge is -2.19. The number of anilines is 1. The molecule has 1 aromatic carbocycles. The van der Waals surface area contributed by atoms with E-state index in [1.807, 2.05) is 35.7 Å². The molecule has 1 unspecified atom stereocenters. The van der Waals surface area contributed by atoms with Crippen molar-refractivity contribution in [2.45, 2.75) is 19.4 Å². The molecule has 0 saturated carbocycles. The number of pyridine rings is 2. The maximum Gasteiger partial charge on any atom is 0.343 e. The first-order valence-corrected chi connectivity index (χ1v) is 11.8. The number of rotatable bonds is 5. The van der Waals surface area contributed by atoms with Gasteiger partial charge in [-0.25, -0.2) is 19.2 Å². The maximum absolute atomic E-state index is 15.1. The topological polar surface area (TPSA) is 103 Å². The van der Waals surface area contributed by atoms with Gasteiger partial charge in [0.1, 0.15) is 5.56 Å². The molecule has 1 aliphatic heterocycles. The van der Waals surface area contributed by atoms with Gasteiger partial charge in [-0.15, -0.1) is 11.3 Å². The van der Waals surface area contributed by atoms with Crippen LogP contribution in [0.5, 0.6) is 0 Å². The average Bonchev–Trinajstić information content (AvgIpc) is 3.49. The standard InChI is InChI=1S/C24H22FN5O3S/c1-2-33-23(32)17-12-30(24-27-19(13-34-24)14-6-4-3-5-7-14)21-16(20(17)31)10-18(25)22(28-21)29-9-8-15(26)11-29/h3-7,10,12-13,15H,2,8-9,11,26H2,1H3. The number of nitrogens with two attached hydrogens (primary N) is 1. The van der Waals surface area contributed by atoms with Crippen LogP contribution in [0.3, 0.4) is 0 Å². The third-order valence-electron chi connectivity index (χ3n) is 5.70. The lowest BCUT2D eigenvalue weighted by Crippen LogP contribution is -2.28. The summed E-state index contributed by atoms with van der Waals surface area (Å²) in [4.78, 5) is 36.6. The van der Waals surface area contributed by atoms with Gasteiger partial charge in [-0.1, -0.05) is 30.3 Å². The fourth-order valence-corrected chi connectivity index (χ4v) is 4.84. The summed E-state index contributed by atoms with van der Waals surface area (Å²) in [5, 5.41) is 2.34. The summed E-state index contributed by atoms with van der Waals surface area (Å²) in [5.41, 5.74) is 7.03. The Morgan fingerprint density at radius 1 is 1.29 bits per heavy atom. The molecule has 1 aliphatic rings. The predicted octanol–water partition coefficient (Wildman–Crippen LogP) is 3.36. The van der Waals surface area contributed by atoms with Gasteiger partial charge in [0.05, 0.1) is 17.7 Å². The number of carbonyl (C=O) groups excluding carboxylic acids is 1. The first-order valence-electron chi connectivity index (χ1n) is 10.9. The highest BCUT2D eigenvalue weighted by Crippen LogP contribution is 2.29. The molecule has 34 heavy (non-hydrogen) atoms. The molecule has 1 saturated heterocycles. The van der Waals surface area contributed by atoms with Crippen molar-refractivity contribution in [2.24, 2.45) is 5.73 Å². The Balaban J connectivity index is 1.72. The Hall–Kier alpha value is -3.63. The summed E-state index contributed by atoms with van der Waals surface area (Å²) >= 11 is 1.32. The van der Waals surface area contributed by atoms with E-state index in [9.17, 15) is 9.59 Å². The maximum atomic E-state index is 15.1. The van der Waals surface area contributed by atoms with Crippen LogP contribution in [0, 0.1) is 5.82 Å². The number of hydrogen-bond acceptors (Lipinski definition) is 8. The van der Waals surface area contributed by atoms with Crippen LogP contribution in [0.2, 0.25) is 0 Å². The number of ether oxygens (including phenoxy) is 1. The van der Waals surface area contributed by atoms with E-state index in [1.165, 1.54) is 17.5 Å². The molecule has 10 heteroatoms. The number of fused-ring (bicyclic) bond motifs is 1. The van der Waals surface area contributed by atoms with Crippen molar-refractivity contribution in [2.75, 3.05) is 24.6 Å².